The Morgan fingerprint density at radius 1 is 1.32 bits per heavy atom. The SMILES string of the molecule is O=C(O)[C@@H]1C[C@H]1C1C=NC(c2ccc(F)cc2)=CC1. The molecular formula is C15H14FNO2. The van der Waals surface area contributed by atoms with Crippen LogP contribution in [0.1, 0.15) is 18.4 Å². The van der Waals surface area contributed by atoms with Gasteiger partial charge in [-0.25, -0.2) is 4.39 Å². The number of rotatable bonds is 3. The fourth-order valence-corrected chi connectivity index (χ4v) is 2.61. The summed E-state index contributed by atoms with van der Waals surface area (Å²) in [5, 5.41) is 8.91. The molecule has 0 bridgehead atoms. The van der Waals surface area contributed by atoms with Crippen LogP contribution in [0.2, 0.25) is 0 Å². The first-order valence-electron chi connectivity index (χ1n) is 6.38. The summed E-state index contributed by atoms with van der Waals surface area (Å²) < 4.78 is 12.8. The van der Waals surface area contributed by atoms with Crippen molar-refractivity contribution in [2.75, 3.05) is 0 Å². The number of carboxylic acids is 1. The first-order valence-corrected chi connectivity index (χ1v) is 6.38. The summed E-state index contributed by atoms with van der Waals surface area (Å²) in [6.45, 7) is 0. The van der Waals surface area contributed by atoms with Crippen molar-refractivity contribution in [3.8, 4) is 0 Å². The van der Waals surface area contributed by atoms with Gasteiger partial charge in [0.25, 0.3) is 0 Å². The number of carbonyl (C=O) groups is 1. The molecule has 1 unspecified atom stereocenters. The van der Waals surface area contributed by atoms with Crippen LogP contribution in [0.3, 0.4) is 0 Å². The van der Waals surface area contributed by atoms with Gasteiger partial charge in [-0.15, -0.1) is 0 Å². The molecule has 98 valence electrons. The van der Waals surface area contributed by atoms with Crippen LogP contribution in [0.25, 0.3) is 5.70 Å². The average molecular weight is 259 g/mol. The Bertz CT molecular complexity index is 562. The summed E-state index contributed by atoms with van der Waals surface area (Å²) in [5.74, 6) is -0.703. The molecule has 0 aromatic heterocycles. The third-order valence-corrected chi connectivity index (χ3v) is 3.84. The van der Waals surface area contributed by atoms with Crippen LogP contribution < -0.4 is 0 Å². The Morgan fingerprint density at radius 2 is 2.05 bits per heavy atom. The van der Waals surface area contributed by atoms with Crippen molar-refractivity contribution in [2.45, 2.75) is 12.8 Å². The van der Waals surface area contributed by atoms with E-state index in [9.17, 15) is 9.18 Å². The van der Waals surface area contributed by atoms with E-state index in [2.05, 4.69) is 4.99 Å². The minimum Gasteiger partial charge on any atom is -0.481 e. The number of allylic oxidation sites excluding steroid dienone is 1. The van der Waals surface area contributed by atoms with E-state index in [1.807, 2.05) is 12.3 Å². The van der Waals surface area contributed by atoms with Gasteiger partial charge >= 0.3 is 5.97 Å². The zero-order valence-electron chi connectivity index (χ0n) is 10.3. The van der Waals surface area contributed by atoms with E-state index in [-0.39, 0.29) is 23.6 Å². The summed E-state index contributed by atoms with van der Waals surface area (Å²) in [4.78, 5) is 15.2. The van der Waals surface area contributed by atoms with Crippen LogP contribution in [0.5, 0.6) is 0 Å². The third-order valence-electron chi connectivity index (χ3n) is 3.84. The number of benzene rings is 1. The van der Waals surface area contributed by atoms with Crippen LogP contribution in [0, 0.1) is 23.6 Å². The number of aliphatic imine (C=N–C) groups is 1. The van der Waals surface area contributed by atoms with Gasteiger partial charge in [-0.3, -0.25) is 9.79 Å². The van der Waals surface area contributed by atoms with Gasteiger partial charge in [0.15, 0.2) is 0 Å². The van der Waals surface area contributed by atoms with Crippen molar-refractivity contribution in [1.29, 1.82) is 0 Å². The predicted molar refractivity (Wildman–Crippen MR) is 70.2 cm³/mol. The standard InChI is InChI=1S/C15H14FNO2/c16-11-4-1-9(2-5-11)14-6-3-10(8-17-14)12-7-13(12)15(18)19/h1-2,4-6,8,10,12-13H,3,7H2,(H,18,19)/t10?,12-,13+/m0/s1. The lowest BCUT2D eigenvalue weighted by Crippen LogP contribution is -2.11. The van der Waals surface area contributed by atoms with E-state index < -0.39 is 5.97 Å². The van der Waals surface area contributed by atoms with Crippen LogP contribution in [0.4, 0.5) is 4.39 Å². The number of hydrogen-bond donors (Lipinski definition) is 1. The van der Waals surface area contributed by atoms with E-state index in [4.69, 9.17) is 5.11 Å². The zero-order chi connectivity index (χ0) is 13.4. The van der Waals surface area contributed by atoms with Gasteiger partial charge in [0, 0.05) is 12.1 Å². The molecule has 0 amide bonds. The Kier molecular flexibility index (Phi) is 2.93. The van der Waals surface area contributed by atoms with E-state index in [1.54, 1.807) is 12.1 Å². The van der Waals surface area contributed by atoms with Gasteiger partial charge in [0.05, 0.1) is 11.6 Å². The Hall–Kier alpha value is -1.97. The summed E-state index contributed by atoms with van der Waals surface area (Å²) in [7, 11) is 0. The predicted octanol–water partition coefficient (Wildman–Crippen LogP) is 2.98. The van der Waals surface area contributed by atoms with Gasteiger partial charge in [-0.1, -0.05) is 6.08 Å². The molecule has 4 heteroatoms. The fourth-order valence-electron chi connectivity index (χ4n) is 2.61. The van der Waals surface area contributed by atoms with Crippen molar-refractivity contribution in [3.63, 3.8) is 0 Å². The maximum absolute atomic E-state index is 12.8. The molecule has 3 nitrogen and oxygen atoms in total. The Balaban J connectivity index is 1.67. The van der Waals surface area contributed by atoms with Crippen molar-refractivity contribution >= 4 is 17.9 Å². The minimum absolute atomic E-state index is 0.197. The van der Waals surface area contributed by atoms with Crippen molar-refractivity contribution in [2.24, 2.45) is 22.7 Å². The molecule has 1 aliphatic heterocycles. The lowest BCUT2D eigenvalue weighted by molar-refractivity contribution is -0.138. The normalized spacial score (nSPS) is 28.9. The summed E-state index contributed by atoms with van der Waals surface area (Å²) in [6.07, 6.45) is 5.43. The molecule has 2 aliphatic rings. The molecule has 1 N–H and O–H groups in total. The lowest BCUT2D eigenvalue weighted by atomic mass is 9.95. The smallest absolute Gasteiger partial charge is 0.306 e. The average Bonchev–Trinajstić information content (AvgIpc) is 3.20. The first kappa shape index (κ1) is 12.1. The monoisotopic (exact) mass is 259 g/mol. The van der Waals surface area contributed by atoms with Crippen LogP contribution >= 0.6 is 0 Å². The van der Waals surface area contributed by atoms with E-state index >= 15 is 0 Å². The molecule has 1 aliphatic carbocycles. The third kappa shape index (κ3) is 2.43. The molecule has 1 aromatic carbocycles. The Morgan fingerprint density at radius 3 is 2.58 bits per heavy atom. The minimum atomic E-state index is -0.702. The quantitative estimate of drug-likeness (QED) is 0.907. The number of halogens is 1. The van der Waals surface area contributed by atoms with Crippen LogP contribution in [0.15, 0.2) is 35.3 Å². The highest BCUT2D eigenvalue weighted by Crippen LogP contribution is 2.46. The number of nitrogens with zero attached hydrogens (tertiary/aromatic N) is 1. The summed E-state index contributed by atoms with van der Waals surface area (Å²) in [5.41, 5.74) is 1.73. The maximum Gasteiger partial charge on any atom is 0.306 e. The highest BCUT2D eigenvalue weighted by atomic mass is 19.1. The molecule has 1 aromatic rings. The zero-order valence-corrected chi connectivity index (χ0v) is 10.3. The second kappa shape index (κ2) is 4.61. The first-order chi connectivity index (χ1) is 9.15. The second-order valence-electron chi connectivity index (χ2n) is 5.12. The molecule has 0 radical (unpaired) electrons. The number of hydrogen-bond acceptors (Lipinski definition) is 2. The molecule has 1 fully saturated rings. The fraction of sp³-hybridized carbons (Fsp3) is 0.333. The highest BCUT2D eigenvalue weighted by Gasteiger charge is 2.47. The molecule has 3 rings (SSSR count). The second-order valence-corrected chi connectivity index (χ2v) is 5.12. The van der Waals surface area contributed by atoms with Crippen molar-refractivity contribution in [3.05, 3.63) is 41.7 Å². The Labute approximate surface area is 110 Å². The molecule has 19 heavy (non-hydrogen) atoms. The van der Waals surface area contributed by atoms with E-state index in [0.29, 0.717) is 0 Å². The van der Waals surface area contributed by atoms with Gasteiger partial charge in [0.2, 0.25) is 0 Å². The van der Waals surface area contributed by atoms with Crippen molar-refractivity contribution < 1.29 is 14.3 Å². The molecule has 3 atom stereocenters. The maximum atomic E-state index is 12.8. The summed E-state index contributed by atoms with van der Waals surface area (Å²) >= 11 is 0. The highest BCUT2D eigenvalue weighted by molar-refractivity contribution is 5.80. The molecular weight excluding hydrogens is 245 g/mol. The number of carboxylic acid groups (broad SMARTS) is 1. The number of aliphatic carboxylic acids is 1. The van der Waals surface area contributed by atoms with E-state index in [0.717, 1.165) is 24.1 Å². The van der Waals surface area contributed by atoms with Gasteiger partial charge in [-0.2, -0.15) is 0 Å². The van der Waals surface area contributed by atoms with Crippen molar-refractivity contribution in [1.82, 2.24) is 0 Å². The van der Waals surface area contributed by atoms with E-state index in [1.165, 1.54) is 12.1 Å². The molecule has 1 heterocycles. The largest absolute Gasteiger partial charge is 0.481 e. The lowest BCUT2D eigenvalue weighted by Gasteiger charge is -2.15. The van der Waals surface area contributed by atoms with Gasteiger partial charge < -0.3 is 5.11 Å². The topological polar surface area (TPSA) is 49.7 Å². The van der Waals surface area contributed by atoms with Gasteiger partial charge in [0.1, 0.15) is 5.82 Å². The molecule has 0 saturated heterocycles. The van der Waals surface area contributed by atoms with Gasteiger partial charge in [-0.05, 0) is 48.6 Å². The van der Waals surface area contributed by atoms with Crippen LogP contribution in [-0.2, 0) is 4.79 Å². The summed E-state index contributed by atoms with van der Waals surface area (Å²) in [6, 6.07) is 6.24. The molecule has 1 saturated carbocycles. The molecule has 0 spiro atoms. The van der Waals surface area contributed by atoms with Crippen LogP contribution in [-0.4, -0.2) is 17.3 Å².